The van der Waals surface area contributed by atoms with Gasteiger partial charge in [0.15, 0.2) is 0 Å². The summed E-state index contributed by atoms with van der Waals surface area (Å²) in [4.78, 5) is 7.84. The number of nitrogens with zero attached hydrogens (tertiary/aromatic N) is 3. The van der Waals surface area contributed by atoms with Crippen LogP contribution in [0.2, 0.25) is 0 Å². The highest BCUT2D eigenvalue weighted by Crippen LogP contribution is 2.21. The highest BCUT2D eigenvalue weighted by molar-refractivity contribution is 7.13. The molecule has 0 spiro atoms. The molecule has 5 nitrogen and oxygen atoms in total. The van der Waals surface area contributed by atoms with Gasteiger partial charge in [-0.25, -0.2) is 0 Å². The fourth-order valence-corrected chi connectivity index (χ4v) is 2.82. The number of halogens is 1. The van der Waals surface area contributed by atoms with Crippen molar-refractivity contribution in [3.63, 3.8) is 0 Å². The molecule has 0 saturated carbocycles. The van der Waals surface area contributed by atoms with E-state index in [0.717, 1.165) is 31.1 Å². The first-order valence-electron chi connectivity index (χ1n) is 6.13. The van der Waals surface area contributed by atoms with Gasteiger partial charge in [-0.3, -0.25) is 4.90 Å². The molecule has 0 bridgehead atoms. The number of thiophene rings is 1. The molecule has 3 heterocycles. The van der Waals surface area contributed by atoms with E-state index in [-0.39, 0.29) is 12.4 Å². The van der Waals surface area contributed by atoms with Crippen LogP contribution in [0.5, 0.6) is 0 Å². The number of piperazine rings is 1. The van der Waals surface area contributed by atoms with Gasteiger partial charge in [-0.05, 0) is 18.4 Å². The van der Waals surface area contributed by atoms with E-state index in [4.69, 9.17) is 4.52 Å². The highest BCUT2D eigenvalue weighted by atomic mass is 35.5. The zero-order chi connectivity index (χ0) is 12.4. The molecular weight excluding hydrogens is 284 g/mol. The Morgan fingerprint density at radius 3 is 3.21 bits per heavy atom. The molecule has 1 N–H and O–H groups in total. The van der Waals surface area contributed by atoms with E-state index in [1.54, 1.807) is 11.3 Å². The summed E-state index contributed by atoms with van der Waals surface area (Å²) < 4.78 is 5.31. The number of hydrogen-bond acceptors (Lipinski definition) is 6. The van der Waals surface area contributed by atoms with Crippen molar-refractivity contribution in [2.24, 2.45) is 0 Å². The van der Waals surface area contributed by atoms with Crippen molar-refractivity contribution in [2.75, 3.05) is 19.6 Å². The minimum atomic E-state index is 0. The summed E-state index contributed by atoms with van der Waals surface area (Å²) in [7, 11) is 0. The minimum absolute atomic E-state index is 0. The maximum atomic E-state index is 5.31. The molecule has 1 fully saturated rings. The van der Waals surface area contributed by atoms with Crippen LogP contribution in [0.1, 0.15) is 12.8 Å². The Morgan fingerprint density at radius 2 is 2.47 bits per heavy atom. The molecular formula is C12H17ClN4OS. The van der Waals surface area contributed by atoms with Crippen LogP contribution < -0.4 is 5.32 Å². The Kier molecular flexibility index (Phi) is 4.93. The second-order valence-corrected chi connectivity index (χ2v) is 5.53. The Balaban J connectivity index is 0.00000133. The van der Waals surface area contributed by atoms with Gasteiger partial charge in [-0.15, -0.1) is 23.7 Å². The van der Waals surface area contributed by atoms with Crippen LogP contribution in [0.4, 0.5) is 0 Å². The van der Waals surface area contributed by atoms with Crippen LogP contribution >= 0.6 is 23.7 Å². The van der Waals surface area contributed by atoms with Crippen molar-refractivity contribution in [3.05, 3.63) is 23.4 Å². The topological polar surface area (TPSA) is 54.2 Å². The third kappa shape index (κ3) is 3.54. The molecule has 1 atom stereocenters. The van der Waals surface area contributed by atoms with Gasteiger partial charge in [0, 0.05) is 25.7 Å². The second kappa shape index (κ2) is 6.47. The summed E-state index contributed by atoms with van der Waals surface area (Å²) >= 11 is 1.63. The van der Waals surface area contributed by atoms with Crippen molar-refractivity contribution < 1.29 is 4.52 Å². The van der Waals surface area contributed by atoms with Gasteiger partial charge in [-0.1, -0.05) is 11.2 Å². The van der Waals surface area contributed by atoms with Crippen LogP contribution in [-0.2, 0) is 6.54 Å². The van der Waals surface area contributed by atoms with Gasteiger partial charge >= 0.3 is 0 Å². The normalized spacial score (nSPS) is 20.2. The SMILES string of the molecule is CC1CN(Cc2nc(-c3cccs3)no2)CCN1.Cl. The molecule has 1 unspecified atom stereocenters. The number of rotatable bonds is 3. The smallest absolute Gasteiger partial charge is 0.241 e. The van der Waals surface area contributed by atoms with Crippen molar-refractivity contribution in [2.45, 2.75) is 19.5 Å². The Bertz CT molecular complexity index is 502. The van der Waals surface area contributed by atoms with E-state index < -0.39 is 0 Å². The summed E-state index contributed by atoms with van der Waals surface area (Å²) in [5.41, 5.74) is 0. The van der Waals surface area contributed by atoms with Gasteiger partial charge < -0.3 is 9.84 Å². The largest absolute Gasteiger partial charge is 0.338 e. The first kappa shape index (κ1) is 14.5. The lowest BCUT2D eigenvalue weighted by Crippen LogP contribution is -2.48. The average molecular weight is 301 g/mol. The summed E-state index contributed by atoms with van der Waals surface area (Å²) in [5, 5.41) is 9.46. The molecule has 1 aliphatic heterocycles. The summed E-state index contributed by atoms with van der Waals surface area (Å²) in [6.07, 6.45) is 0. The zero-order valence-electron chi connectivity index (χ0n) is 10.7. The molecule has 0 aromatic carbocycles. The molecule has 0 amide bonds. The third-order valence-corrected chi connectivity index (χ3v) is 3.89. The standard InChI is InChI=1S/C12H16N4OS.ClH/c1-9-7-16(5-4-13-9)8-11-14-12(15-17-11)10-3-2-6-18-10;/h2-3,6,9,13H,4-5,7-8H2,1H3;1H. The monoisotopic (exact) mass is 300 g/mol. The fraction of sp³-hybridized carbons (Fsp3) is 0.500. The van der Waals surface area contributed by atoms with Crippen molar-refractivity contribution in [3.8, 4) is 10.7 Å². The Morgan fingerprint density at radius 1 is 1.58 bits per heavy atom. The van der Waals surface area contributed by atoms with Crippen LogP contribution in [-0.4, -0.2) is 40.7 Å². The van der Waals surface area contributed by atoms with Crippen molar-refractivity contribution in [1.82, 2.24) is 20.4 Å². The average Bonchev–Trinajstić information content (AvgIpc) is 2.98. The maximum absolute atomic E-state index is 5.31. The van der Waals surface area contributed by atoms with E-state index in [1.807, 2.05) is 17.5 Å². The third-order valence-electron chi connectivity index (χ3n) is 3.02. The fourth-order valence-electron chi connectivity index (χ4n) is 2.17. The van der Waals surface area contributed by atoms with E-state index >= 15 is 0 Å². The highest BCUT2D eigenvalue weighted by Gasteiger charge is 2.18. The van der Waals surface area contributed by atoms with Gasteiger partial charge in [0.1, 0.15) is 0 Å². The second-order valence-electron chi connectivity index (χ2n) is 4.58. The first-order chi connectivity index (χ1) is 8.81. The first-order valence-corrected chi connectivity index (χ1v) is 7.01. The minimum Gasteiger partial charge on any atom is -0.338 e. The van der Waals surface area contributed by atoms with Crippen molar-refractivity contribution >= 4 is 23.7 Å². The van der Waals surface area contributed by atoms with E-state index in [9.17, 15) is 0 Å². The van der Waals surface area contributed by atoms with Gasteiger partial charge in [0.2, 0.25) is 11.7 Å². The summed E-state index contributed by atoms with van der Waals surface area (Å²) in [6.45, 7) is 6.01. The predicted octanol–water partition coefficient (Wildman–Crippen LogP) is 2.01. The molecule has 2 aromatic rings. The lowest BCUT2D eigenvalue weighted by Gasteiger charge is -2.30. The summed E-state index contributed by atoms with van der Waals surface area (Å²) in [5.74, 6) is 1.40. The molecule has 3 rings (SSSR count). The van der Waals surface area contributed by atoms with Gasteiger partial charge in [0.05, 0.1) is 11.4 Å². The predicted molar refractivity (Wildman–Crippen MR) is 77.6 cm³/mol. The maximum Gasteiger partial charge on any atom is 0.241 e. The van der Waals surface area contributed by atoms with Crippen molar-refractivity contribution in [1.29, 1.82) is 0 Å². The molecule has 2 aromatic heterocycles. The summed E-state index contributed by atoms with van der Waals surface area (Å²) in [6, 6.07) is 4.53. The number of hydrogen-bond donors (Lipinski definition) is 1. The van der Waals surface area contributed by atoms with Crippen LogP contribution in [0, 0.1) is 0 Å². The van der Waals surface area contributed by atoms with Crippen LogP contribution in [0.3, 0.4) is 0 Å². The molecule has 1 saturated heterocycles. The van der Waals surface area contributed by atoms with Gasteiger partial charge in [0.25, 0.3) is 0 Å². The lowest BCUT2D eigenvalue weighted by atomic mass is 10.2. The molecule has 7 heteroatoms. The quantitative estimate of drug-likeness (QED) is 0.940. The Labute approximate surface area is 122 Å². The molecule has 0 aliphatic carbocycles. The van der Waals surface area contributed by atoms with E-state index in [1.165, 1.54) is 0 Å². The van der Waals surface area contributed by atoms with Crippen LogP contribution in [0.25, 0.3) is 10.7 Å². The molecule has 104 valence electrons. The number of nitrogens with one attached hydrogen (secondary N) is 1. The van der Waals surface area contributed by atoms with Crippen LogP contribution in [0.15, 0.2) is 22.0 Å². The van der Waals surface area contributed by atoms with E-state index in [0.29, 0.717) is 17.8 Å². The molecule has 1 aliphatic rings. The molecule has 0 radical (unpaired) electrons. The van der Waals surface area contributed by atoms with Gasteiger partial charge in [-0.2, -0.15) is 4.98 Å². The lowest BCUT2D eigenvalue weighted by molar-refractivity contribution is 0.177. The zero-order valence-corrected chi connectivity index (χ0v) is 12.3. The number of aromatic nitrogens is 2. The van der Waals surface area contributed by atoms with E-state index in [2.05, 4.69) is 27.3 Å². The molecule has 19 heavy (non-hydrogen) atoms. The Hall–Kier alpha value is -0.950.